The fraction of sp³-hybridized carbons (Fsp3) is 0.778. The molecule has 72 valence electrons. The first-order valence-electron chi connectivity index (χ1n) is 4.35. The van der Waals surface area contributed by atoms with Gasteiger partial charge in [-0.1, -0.05) is 0 Å². The Bertz CT molecular complexity index is 238. The molecule has 0 aliphatic carbocycles. The van der Waals surface area contributed by atoms with Crippen molar-refractivity contribution in [1.29, 1.82) is 5.26 Å². The van der Waals surface area contributed by atoms with Gasteiger partial charge in [0.05, 0.1) is 6.07 Å². The van der Waals surface area contributed by atoms with Crippen molar-refractivity contribution in [3.63, 3.8) is 0 Å². The topological polar surface area (TPSA) is 44.1 Å². The van der Waals surface area contributed by atoms with E-state index in [1.807, 2.05) is 11.2 Å². The van der Waals surface area contributed by atoms with E-state index in [1.54, 1.807) is 18.7 Å². The molecule has 1 fully saturated rings. The molecule has 1 aliphatic rings. The maximum Gasteiger partial charge on any atom is 0.219 e. The van der Waals surface area contributed by atoms with Gasteiger partial charge in [-0.3, -0.25) is 4.79 Å². The van der Waals surface area contributed by atoms with Gasteiger partial charge in [-0.25, -0.2) is 0 Å². The number of hydrogen-bond donors (Lipinski definition) is 0. The van der Waals surface area contributed by atoms with E-state index in [0.717, 1.165) is 25.9 Å². The quantitative estimate of drug-likeness (QED) is 0.637. The number of thioether (sulfide) groups is 1. The monoisotopic (exact) mass is 198 g/mol. The van der Waals surface area contributed by atoms with Crippen LogP contribution in [0.25, 0.3) is 0 Å². The maximum atomic E-state index is 11.0. The minimum absolute atomic E-state index is 0.118. The van der Waals surface area contributed by atoms with E-state index in [-0.39, 0.29) is 10.7 Å². The summed E-state index contributed by atoms with van der Waals surface area (Å²) < 4.78 is -0.244. The number of hydrogen-bond acceptors (Lipinski definition) is 3. The van der Waals surface area contributed by atoms with Gasteiger partial charge in [0.25, 0.3) is 0 Å². The highest BCUT2D eigenvalue weighted by molar-refractivity contribution is 8.00. The Morgan fingerprint density at radius 3 is 2.38 bits per heavy atom. The van der Waals surface area contributed by atoms with Crippen molar-refractivity contribution in [2.75, 3.05) is 19.3 Å². The first-order valence-corrected chi connectivity index (χ1v) is 5.58. The summed E-state index contributed by atoms with van der Waals surface area (Å²) in [5, 5.41) is 8.99. The van der Waals surface area contributed by atoms with Gasteiger partial charge >= 0.3 is 0 Å². The molecule has 0 atom stereocenters. The molecule has 3 nitrogen and oxygen atoms in total. The number of piperidine rings is 1. The van der Waals surface area contributed by atoms with Crippen LogP contribution in [-0.2, 0) is 4.79 Å². The lowest BCUT2D eigenvalue weighted by atomic mass is 9.97. The van der Waals surface area contributed by atoms with Crippen LogP contribution in [0.5, 0.6) is 0 Å². The summed E-state index contributed by atoms with van der Waals surface area (Å²) in [6.07, 6.45) is 3.56. The molecule has 1 rings (SSSR count). The summed E-state index contributed by atoms with van der Waals surface area (Å²) in [7, 11) is 0. The number of amides is 1. The van der Waals surface area contributed by atoms with Crippen LogP contribution in [0.1, 0.15) is 19.8 Å². The molecular weight excluding hydrogens is 184 g/mol. The van der Waals surface area contributed by atoms with Gasteiger partial charge in [-0.15, -0.1) is 11.8 Å². The van der Waals surface area contributed by atoms with Crippen molar-refractivity contribution in [2.24, 2.45) is 0 Å². The molecule has 1 heterocycles. The van der Waals surface area contributed by atoms with Crippen molar-refractivity contribution < 1.29 is 4.79 Å². The minimum Gasteiger partial charge on any atom is -0.343 e. The van der Waals surface area contributed by atoms with Crippen LogP contribution in [0.2, 0.25) is 0 Å². The molecule has 0 unspecified atom stereocenters. The summed E-state index contributed by atoms with van der Waals surface area (Å²) in [5.74, 6) is 0.118. The van der Waals surface area contributed by atoms with Crippen LogP contribution in [0.3, 0.4) is 0 Å². The zero-order valence-electron chi connectivity index (χ0n) is 8.04. The Balaban J connectivity index is 2.56. The Morgan fingerprint density at radius 1 is 1.54 bits per heavy atom. The van der Waals surface area contributed by atoms with Gasteiger partial charge in [0, 0.05) is 20.0 Å². The molecule has 0 saturated carbocycles. The second kappa shape index (κ2) is 4.01. The second-order valence-corrected chi connectivity index (χ2v) is 4.51. The lowest BCUT2D eigenvalue weighted by molar-refractivity contribution is -0.129. The Labute approximate surface area is 83.1 Å². The average Bonchev–Trinajstić information content (AvgIpc) is 2.18. The van der Waals surface area contributed by atoms with Crippen molar-refractivity contribution in [3.8, 4) is 6.07 Å². The van der Waals surface area contributed by atoms with Gasteiger partial charge < -0.3 is 4.90 Å². The van der Waals surface area contributed by atoms with Gasteiger partial charge in [-0.05, 0) is 19.1 Å². The molecule has 13 heavy (non-hydrogen) atoms. The molecule has 1 saturated heterocycles. The van der Waals surface area contributed by atoms with Crippen LogP contribution in [0.15, 0.2) is 0 Å². The predicted octanol–water partition coefficient (Wildman–Crippen LogP) is 1.25. The summed E-state index contributed by atoms with van der Waals surface area (Å²) in [6, 6.07) is 2.35. The zero-order chi connectivity index (χ0) is 9.90. The highest BCUT2D eigenvalue weighted by atomic mass is 32.2. The van der Waals surface area contributed by atoms with Gasteiger partial charge in [-0.2, -0.15) is 5.26 Å². The third-order valence-corrected chi connectivity index (χ3v) is 3.89. The smallest absolute Gasteiger partial charge is 0.219 e. The van der Waals surface area contributed by atoms with Gasteiger partial charge in [0.15, 0.2) is 0 Å². The standard InChI is InChI=1S/C9H14N2OS/c1-8(12)11-5-3-9(7-10,13-2)4-6-11/h3-6H2,1-2H3. The summed E-state index contributed by atoms with van der Waals surface area (Å²) >= 11 is 1.61. The molecule has 0 aromatic rings. The average molecular weight is 198 g/mol. The Kier molecular flexibility index (Phi) is 3.21. The summed E-state index contributed by atoms with van der Waals surface area (Å²) in [4.78, 5) is 12.8. The summed E-state index contributed by atoms with van der Waals surface area (Å²) in [5.41, 5.74) is 0. The molecule has 0 aromatic carbocycles. The second-order valence-electron chi connectivity index (χ2n) is 3.32. The van der Waals surface area contributed by atoms with Gasteiger partial charge in [0.1, 0.15) is 4.75 Å². The van der Waals surface area contributed by atoms with Crippen LogP contribution in [0.4, 0.5) is 0 Å². The maximum absolute atomic E-state index is 11.0. The zero-order valence-corrected chi connectivity index (χ0v) is 8.86. The van der Waals surface area contributed by atoms with E-state index in [2.05, 4.69) is 6.07 Å². The lowest BCUT2D eigenvalue weighted by Crippen LogP contribution is -2.43. The predicted molar refractivity (Wildman–Crippen MR) is 53.3 cm³/mol. The van der Waals surface area contributed by atoms with Crippen LogP contribution < -0.4 is 0 Å². The van der Waals surface area contributed by atoms with E-state index in [4.69, 9.17) is 5.26 Å². The van der Waals surface area contributed by atoms with Crippen molar-refractivity contribution in [2.45, 2.75) is 24.5 Å². The Hall–Kier alpha value is -0.690. The fourth-order valence-electron chi connectivity index (χ4n) is 1.54. The molecule has 0 bridgehead atoms. The number of carbonyl (C=O) groups excluding carboxylic acids is 1. The molecule has 0 aromatic heterocycles. The number of carbonyl (C=O) groups is 1. The summed E-state index contributed by atoms with van der Waals surface area (Å²) in [6.45, 7) is 3.03. The van der Waals surface area contributed by atoms with E-state index in [9.17, 15) is 4.79 Å². The molecule has 0 N–H and O–H groups in total. The Morgan fingerprint density at radius 2 is 2.08 bits per heavy atom. The van der Waals surface area contributed by atoms with Crippen molar-refractivity contribution >= 4 is 17.7 Å². The third-order valence-electron chi connectivity index (χ3n) is 2.61. The normalized spacial score (nSPS) is 20.8. The number of nitrogens with zero attached hydrogens (tertiary/aromatic N) is 2. The minimum atomic E-state index is -0.244. The first kappa shape index (κ1) is 10.4. The largest absolute Gasteiger partial charge is 0.343 e. The first-order chi connectivity index (χ1) is 6.13. The van der Waals surface area contributed by atoms with Crippen LogP contribution in [-0.4, -0.2) is 34.9 Å². The SMILES string of the molecule is CSC1(C#N)CCN(C(C)=O)CC1. The fourth-order valence-corrected chi connectivity index (χ4v) is 2.23. The van der Waals surface area contributed by atoms with Crippen molar-refractivity contribution in [1.82, 2.24) is 4.90 Å². The molecule has 0 spiro atoms. The van der Waals surface area contributed by atoms with E-state index in [0.29, 0.717) is 0 Å². The third kappa shape index (κ3) is 2.16. The van der Waals surface area contributed by atoms with Crippen molar-refractivity contribution in [3.05, 3.63) is 0 Å². The van der Waals surface area contributed by atoms with Gasteiger partial charge in [0.2, 0.25) is 5.91 Å². The highest BCUT2D eigenvalue weighted by Crippen LogP contribution is 2.33. The molecule has 1 amide bonds. The highest BCUT2D eigenvalue weighted by Gasteiger charge is 2.34. The van der Waals surface area contributed by atoms with E-state index >= 15 is 0 Å². The van der Waals surface area contributed by atoms with E-state index in [1.165, 1.54) is 0 Å². The lowest BCUT2D eigenvalue weighted by Gasteiger charge is -2.35. The van der Waals surface area contributed by atoms with E-state index < -0.39 is 0 Å². The molecule has 0 radical (unpaired) electrons. The van der Waals surface area contributed by atoms with Crippen LogP contribution in [0, 0.1) is 11.3 Å². The molecular formula is C9H14N2OS. The number of likely N-dealkylation sites (tertiary alicyclic amines) is 1. The van der Waals surface area contributed by atoms with Crippen LogP contribution >= 0.6 is 11.8 Å². The number of rotatable bonds is 1. The molecule has 4 heteroatoms. The molecule has 1 aliphatic heterocycles. The number of nitriles is 1.